The number of fused-ring (bicyclic) bond motifs is 5. The number of anilines is 1. The van der Waals surface area contributed by atoms with Crippen molar-refractivity contribution >= 4 is 39.3 Å². The number of carboxylic acid groups (broad SMARTS) is 1. The van der Waals surface area contributed by atoms with Crippen molar-refractivity contribution in [2.75, 3.05) is 11.5 Å². The van der Waals surface area contributed by atoms with Gasteiger partial charge >= 0.3 is 12.1 Å². The molecule has 0 heterocycles. The molecule has 0 saturated heterocycles. The number of hydrogen-bond acceptors (Lipinski definition) is 3. The minimum Gasteiger partial charge on any atom is -0.480 e. The first-order chi connectivity index (χ1) is 18.0. The molecule has 0 aromatic heterocycles. The van der Waals surface area contributed by atoms with Crippen molar-refractivity contribution in [1.29, 1.82) is 0 Å². The van der Waals surface area contributed by atoms with Crippen LogP contribution in [0.25, 0.3) is 32.7 Å². The maximum absolute atomic E-state index is 13.8. The zero-order chi connectivity index (χ0) is 25.5. The average molecular weight is 488 g/mol. The molecule has 5 aromatic rings. The van der Waals surface area contributed by atoms with Gasteiger partial charge in [0.2, 0.25) is 0 Å². The molecule has 1 atom stereocenters. The molecular weight excluding hydrogens is 462 g/mol. The zero-order valence-electron chi connectivity index (χ0n) is 20.3. The third-order valence-electron chi connectivity index (χ3n) is 7.26. The summed E-state index contributed by atoms with van der Waals surface area (Å²) in [6, 6.07) is 32.6. The molecule has 0 aliphatic heterocycles. The summed E-state index contributed by atoms with van der Waals surface area (Å²) in [5, 5.41) is 13.4. The van der Waals surface area contributed by atoms with Crippen LogP contribution < -0.4 is 4.90 Å². The highest BCUT2D eigenvalue weighted by atomic mass is 16.6. The average Bonchev–Trinajstić information content (AvgIpc) is 3.25. The van der Waals surface area contributed by atoms with E-state index in [-0.39, 0.29) is 12.5 Å². The van der Waals surface area contributed by atoms with Gasteiger partial charge in [-0.15, -0.1) is 0 Å². The molecule has 6 rings (SSSR count). The molecule has 182 valence electrons. The molecule has 5 heteroatoms. The SMILES string of the molecule is C[C@@H](C(=O)O)N(C(=O)OCC1c2ccccc2-c2ccccc21)c1c2ccccc2cc2ccccc12. The summed E-state index contributed by atoms with van der Waals surface area (Å²) < 4.78 is 5.95. The van der Waals surface area contributed by atoms with Gasteiger partial charge in [-0.3, -0.25) is 4.90 Å². The molecule has 37 heavy (non-hydrogen) atoms. The highest BCUT2D eigenvalue weighted by Gasteiger charge is 2.34. The van der Waals surface area contributed by atoms with E-state index in [4.69, 9.17) is 4.74 Å². The second kappa shape index (κ2) is 9.10. The maximum Gasteiger partial charge on any atom is 0.415 e. The van der Waals surface area contributed by atoms with Crippen LogP contribution in [-0.2, 0) is 9.53 Å². The molecule has 1 amide bonds. The fraction of sp³-hybridized carbons (Fsp3) is 0.125. The molecule has 1 N–H and O–H groups in total. The van der Waals surface area contributed by atoms with Gasteiger partial charge < -0.3 is 9.84 Å². The highest BCUT2D eigenvalue weighted by Crippen LogP contribution is 2.45. The monoisotopic (exact) mass is 487 g/mol. The lowest BCUT2D eigenvalue weighted by atomic mass is 9.98. The number of nitrogens with zero attached hydrogens (tertiary/aromatic N) is 1. The van der Waals surface area contributed by atoms with Gasteiger partial charge in [0.1, 0.15) is 12.6 Å². The van der Waals surface area contributed by atoms with E-state index in [0.29, 0.717) is 5.69 Å². The van der Waals surface area contributed by atoms with Crippen LogP contribution in [0.2, 0.25) is 0 Å². The Morgan fingerprint density at radius 1 is 0.784 bits per heavy atom. The molecule has 0 radical (unpaired) electrons. The normalized spacial score (nSPS) is 13.2. The van der Waals surface area contributed by atoms with Crippen molar-refractivity contribution < 1.29 is 19.4 Å². The fourth-order valence-electron chi connectivity index (χ4n) is 5.47. The van der Waals surface area contributed by atoms with Crippen molar-refractivity contribution in [2.24, 2.45) is 0 Å². The first-order valence-electron chi connectivity index (χ1n) is 12.3. The number of benzene rings is 5. The number of rotatable bonds is 5. The summed E-state index contributed by atoms with van der Waals surface area (Å²) in [5.74, 6) is -1.23. The van der Waals surface area contributed by atoms with E-state index in [1.165, 1.54) is 11.8 Å². The number of aliphatic carboxylic acids is 1. The second-order valence-corrected chi connectivity index (χ2v) is 9.36. The van der Waals surface area contributed by atoms with Gasteiger partial charge in [0.15, 0.2) is 0 Å². The number of hydrogen-bond donors (Lipinski definition) is 1. The van der Waals surface area contributed by atoms with E-state index in [1.54, 1.807) is 0 Å². The summed E-state index contributed by atoms with van der Waals surface area (Å²) in [6.45, 7) is 1.62. The molecule has 1 aliphatic rings. The Labute approximate surface area is 214 Å². The first kappa shape index (κ1) is 22.8. The smallest absolute Gasteiger partial charge is 0.415 e. The van der Waals surface area contributed by atoms with Gasteiger partial charge in [0.05, 0.1) is 5.69 Å². The van der Waals surface area contributed by atoms with Crippen molar-refractivity contribution in [2.45, 2.75) is 18.9 Å². The van der Waals surface area contributed by atoms with Gasteiger partial charge in [-0.2, -0.15) is 0 Å². The van der Waals surface area contributed by atoms with Gasteiger partial charge in [-0.1, -0.05) is 97.1 Å². The predicted molar refractivity (Wildman–Crippen MR) is 146 cm³/mol. The summed E-state index contributed by atoms with van der Waals surface area (Å²) in [5.41, 5.74) is 5.01. The third-order valence-corrected chi connectivity index (χ3v) is 7.26. The Hall–Kier alpha value is -4.64. The Balaban J connectivity index is 1.42. The van der Waals surface area contributed by atoms with Gasteiger partial charge in [-0.05, 0) is 46.0 Å². The predicted octanol–water partition coefficient (Wildman–Crippen LogP) is 7.22. The van der Waals surface area contributed by atoms with E-state index in [1.807, 2.05) is 72.8 Å². The summed E-state index contributed by atoms with van der Waals surface area (Å²) in [4.78, 5) is 27.3. The molecular formula is C32H25NO4. The number of carbonyl (C=O) groups excluding carboxylic acids is 1. The first-order valence-corrected chi connectivity index (χ1v) is 12.3. The van der Waals surface area contributed by atoms with E-state index in [9.17, 15) is 14.7 Å². The number of ether oxygens (including phenoxy) is 1. The van der Waals surface area contributed by atoms with Gasteiger partial charge in [0.25, 0.3) is 0 Å². The molecule has 0 bridgehead atoms. The molecule has 5 nitrogen and oxygen atoms in total. The summed E-state index contributed by atoms with van der Waals surface area (Å²) in [6.07, 6.45) is -0.682. The van der Waals surface area contributed by atoms with Crippen LogP contribution in [0.5, 0.6) is 0 Å². The molecule has 1 aliphatic carbocycles. The lowest BCUT2D eigenvalue weighted by Crippen LogP contribution is -2.44. The van der Waals surface area contributed by atoms with Crippen LogP contribution >= 0.6 is 0 Å². The van der Waals surface area contributed by atoms with Gasteiger partial charge in [-0.25, -0.2) is 9.59 Å². The number of carboxylic acids is 1. The molecule has 0 fully saturated rings. The Bertz CT molecular complexity index is 1580. The Morgan fingerprint density at radius 2 is 1.27 bits per heavy atom. The van der Waals surface area contributed by atoms with Crippen LogP contribution in [0.4, 0.5) is 10.5 Å². The Kier molecular flexibility index (Phi) is 5.61. The lowest BCUT2D eigenvalue weighted by molar-refractivity contribution is -0.138. The third kappa shape index (κ3) is 3.80. The van der Waals surface area contributed by atoms with Crippen LogP contribution in [-0.4, -0.2) is 29.8 Å². The van der Waals surface area contributed by atoms with Crippen LogP contribution in [0.15, 0.2) is 103 Å². The van der Waals surface area contributed by atoms with Crippen molar-refractivity contribution in [3.8, 4) is 11.1 Å². The van der Waals surface area contributed by atoms with E-state index in [2.05, 4.69) is 30.3 Å². The second-order valence-electron chi connectivity index (χ2n) is 9.36. The topological polar surface area (TPSA) is 66.8 Å². The summed E-state index contributed by atoms with van der Waals surface area (Å²) >= 11 is 0. The molecule has 5 aromatic carbocycles. The zero-order valence-corrected chi connectivity index (χ0v) is 20.3. The van der Waals surface area contributed by atoms with Crippen molar-refractivity contribution in [1.82, 2.24) is 0 Å². The maximum atomic E-state index is 13.8. The van der Waals surface area contributed by atoms with Crippen molar-refractivity contribution in [3.05, 3.63) is 114 Å². The number of amides is 1. The highest BCUT2D eigenvalue weighted by molar-refractivity contribution is 6.16. The molecule has 0 spiro atoms. The van der Waals surface area contributed by atoms with Crippen LogP contribution in [0.3, 0.4) is 0 Å². The lowest BCUT2D eigenvalue weighted by Gasteiger charge is -2.29. The minimum absolute atomic E-state index is 0.110. The van der Waals surface area contributed by atoms with Crippen molar-refractivity contribution in [3.63, 3.8) is 0 Å². The largest absolute Gasteiger partial charge is 0.480 e. The van der Waals surface area contributed by atoms with Crippen LogP contribution in [0.1, 0.15) is 24.0 Å². The fourth-order valence-corrected chi connectivity index (χ4v) is 5.47. The van der Waals surface area contributed by atoms with E-state index < -0.39 is 18.1 Å². The van der Waals surface area contributed by atoms with Crippen LogP contribution in [0, 0.1) is 0 Å². The minimum atomic E-state index is -1.13. The number of carbonyl (C=O) groups is 2. The quantitative estimate of drug-likeness (QED) is 0.266. The Morgan fingerprint density at radius 3 is 1.81 bits per heavy atom. The molecule has 0 saturated carbocycles. The summed E-state index contributed by atoms with van der Waals surface area (Å²) in [7, 11) is 0. The van der Waals surface area contributed by atoms with E-state index >= 15 is 0 Å². The van der Waals surface area contributed by atoms with Gasteiger partial charge in [0, 0.05) is 16.7 Å². The standard InChI is InChI=1S/C32H25NO4/c1-20(31(34)35)33(30-23-12-4-2-10-21(23)18-22-11-3-5-13-24(22)30)32(36)37-19-29-27-16-8-6-14-25(27)26-15-7-9-17-28(26)29/h2-18,20,29H,19H2,1H3,(H,34,35)/t20-/m0/s1. The molecule has 0 unspecified atom stereocenters. The van der Waals surface area contributed by atoms with E-state index in [0.717, 1.165) is 43.8 Å².